The van der Waals surface area contributed by atoms with Gasteiger partial charge < -0.3 is 19.4 Å². The number of aromatic nitrogens is 2. The molecule has 0 radical (unpaired) electrons. The van der Waals surface area contributed by atoms with E-state index < -0.39 is 25.8 Å². The molecule has 0 aliphatic heterocycles. The van der Waals surface area contributed by atoms with Crippen LogP contribution in [0.25, 0.3) is 11.3 Å². The Morgan fingerprint density at radius 1 is 1.16 bits per heavy atom. The van der Waals surface area contributed by atoms with E-state index in [0.717, 1.165) is 36.7 Å². The summed E-state index contributed by atoms with van der Waals surface area (Å²) < 4.78 is 16.0. The van der Waals surface area contributed by atoms with E-state index in [0.29, 0.717) is 19.8 Å². The fourth-order valence-corrected chi connectivity index (χ4v) is 5.25. The van der Waals surface area contributed by atoms with Crippen LogP contribution in [0.5, 0.6) is 0 Å². The molecule has 0 bridgehead atoms. The van der Waals surface area contributed by atoms with E-state index in [1.165, 1.54) is 0 Å². The molecule has 1 heterocycles. The molecular formula is C28H37BrIN3O3Si. The smallest absolute Gasteiger partial charge is 0.408 e. The number of carbonyl (C=O) groups excluding carboxylic acids is 1. The molecule has 9 heteroatoms. The Labute approximate surface area is 243 Å². The molecule has 0 aliphatic rings. The highest BCUT2D eigenvalue weighted by Gasteiger charge is 2.26. The van der Waals surface area contributed by atoms with Gasteiger partial charge in [0.15, 0.2) is 0 Å². The van der Waals surface area contributed by atoms with Gasteiger partial charge in [-0.1, -0.05) is 56.0 Å². The third-order valence-electron chi connectivity index (χ3n) is 5.60. The van der Waals surface area contributed by atoms with Crippen molar-refractivity contribution in [3.63, 3.8) is 0 Å². The molecule has 1 aromatic heterocycles. The molecule has 1 N–H and O–H groups in total. The predicted octanol–water partition coefficient (Wildman–Crippen LogP) is 8.04. The minimum atomic E-state index is -1.23. The van der Waals surface area contributed by atoms with E-state index in [4.69, 9.17) is 14.5 Å². The molecule has 0 spiro atoms. The minimum absolute atomic E-state index is 0.354. The van der Waals surface area contributed by atoms with Crippen molar-refractivity contribution in [2.24, 2.45) is 0 Å². The van der Waals surface area contributed by atoms with Crippen molar-refractivity contribution in [1.29, 1.82) is 0 Å². The molecule has 200 valence electrons. The number of benzene rings is 2. The number of carbonyl (C=O) groups is 1. The summed E-state index contributed by atoms with van der Waals surface area (Å²) in [6.45, 7) is 13.6. The summed E-state index contributed by atoms with van der Waals surface area (Å²) in [4.78, 5) is 17.7. The zero-order valence-electron chi connectivity index (χ0n) is 22.5. The fraction of sp³-hybridized carbons (Fsp3) is 0.429. The van der Waals surface area contributed by atoms with E-state index in [1.54, 1.807) is 0 Å². The summed E-state index contributed by atoms with van der Waals surface area (Å²) in [5.41, 5.74) is 2.46. The topological polar surface area (TPSA) is 65.4 Å². The Morgan fingerprint density at radius 3 is 2.49 bits per heavy atom. The van der Waals surface area contributed by atoms with E-state index in [-0.39, 0.29) is 0 Å². The summed E-state index contributed by atoms with van der Waals surface area (Å²) >= 11 is 5.93. The number of nitrogens with one attached hydrogen (secondary N) is 1. The number of nitrogens with zero attached hydrogens (tertiary/aromatic N) is 2. The van der Waals surface area contributed by atoms with Crippen molar-refractivity contribution in [3.05, 3.63) is 74.2 Å². The molecule has 3 aromatic rings. The van der Waals surface area contributed by atoms with Crippen LogP contribution >= 0.6 is 38.5 Å². The highest BCUT2D eigenvalue weighted by atomic mass is 127. The lowest BCUT2D eigenvalue weighted by Gasteiger charge is -2.25. The fourth-order valence-electron chi connectivity index (χ4n) is 3.74. The molecule has 1 amide bonds. The number of alkyl carbamates (subject to hydrolysis) is 1. The van der Waals surface area contributed by atoms with Crippen LogP contribution in [-0.2, 0) is 22.6 Å². The van der Waals surface area contributed by atoms with Gasteiger partial charge in [0.1, 0.15) is 18.2 Å². The molecule has 0 aliphatic carbocycles. The van der Waals surface area contributed by atoms with Crippen LogP contribution in [0.3, 0.4) is 0 Å². The molecule has 1 atom stereocenters. The lowest BCUT2D eigenvalue weighted by atomic mass is 10.1. The molecule has 3 rings (SSSR count). The van der Waals surface area contributed by atoms with Gasteiger partial charge in [-0.15, -0.1) is 0 Å². The number of imidazole rings is 1. The summed E-state index contributed by atoms with van der Waals surface area (Å²) in [5.74, 6) is 0.729. The highest BCUT2D eigenvalue weighted by Crippen LogP contribution is 2.28. The van der Waals surface area contributed by atoms with Crippen molar-refractivity contribution >= 4 is 52.7 Å². The lowest BCUT2D eigenvalue weighted by molar-refractivity contribution is 0.0491. The van der Waals surface area contributed by atoms with Crippen LogP contribution in [0.2, 0.25) is 25.7 Å². The van der Waals surface area contributed by atoms with Crippen LogP contribution in [0.15, 0.2) is 59.2 Å². The Kier molecular flexibility index (Phi) is 10.4. The Balaban J connectivity index is 1.98. The molecule has 0 saturated heterocycles. The van der Waals surface area contributed by atoms with E-state index in [9.17, 15) is 4.79 Å². The first kappa shape index (κ1) is 29.9. The maximum atomic E-state index is 12.9. The van der Waals surface area contributed by atoms with Gasteiger partial charge in [-0.05, 0) is 88.6 Å². The summed E-state index contributed by atoms with van der Waals surface area (Å²) in [7, 11) is -1.23. The van der Waals surface area contributed by atoms with Gasteiger partial charge in [0, 0.05) is 29.1 Å². The SMILES string of the molecule is CC(C)(C)OC(=O)N[C@@H](Cc1ccc(I)c(Br)c1)c1ncc(-c2ccccc2)n1COCC[Si](C)(C)C. The van der Waals surface area contributed by atoms with Crippen molar-refractivity contribution in [2.75, 3.05) is 6.61 Å². The summed E-state index contributed by atoms with van der Waals surface area (Å²) in [5, 5.41) is 3.08. The Morgan fingerprint density at radius 2 is 1.86 bits per heavy atom. The molecule has 0 saturated carbocycles. The quantitative estimate of drug-likeness (QED) is 0.132. The average molecular weight is 699 g/mol. The zero-order valence-corrected chi connectivity index (χ0v) is 27.2. The van der Waals surface area contributed by atoms with Crippen molar-refractivity contribution in [3.8, 4) is 11.3 Å². The van der Waals surface area contributed by atoms with Crippen molar-refractivity contribution in [1.82, 2.24) is 14.9 Å². The molecular weight excluding hydrogens is 661 g/mol. The zero-order chi connectivity index (χ0) is 27.2. The third kappa shape index (κ3) is 9.53. The van der Waals surface area contributed by atoms with Gasteiger partial charge in [0.2, 0.25) is 0 Å². The van der Waals surface area contributed by atoms with Gasteiger partial charge in [-0.2, -0.15) is 0 Å². The van der Waals surface area contributed by atoms with E-state index >= 15 is 0 Å². The number of rotatable bonds is 10. The molecule has 2 aromatic carbocycles. The molecule has 6 nitrogen and oxygen atoms in total. The largest absolute Gasteiger partial charge is 0.444 e. The van der Waals surface area contributed by atoms with Crippen LogP contribution in [0.1, 0.15) is 38.2 Å². The van der Waals surface area contributed by atoms with Crippen LogP contribution < -0.4 is 5.32 Å². The van der Waals surface area contributed by atoms with Gasteiger partial charge in [0.05, 0.1) is 17.9 Å². The van der Waals surface area contributed by atoms with Gasteiger partial charge in [-0.3, -0.25) is 0 Å². The van der Waals surface area contributed by atoms with E-state index in [1.807, 2.05) is 45.2 Å². The van der Waals surface area contributed by atoms with Gasteiger partial charge in [-0.25, -0.2) is 9.78 Å². The lowest BCUT2D eigenvalue weighted by Crippen LogP contribution is -2.37. The Hall–Kier alpha value is -1.69. The molecule has 0 fully saturated rings. The number of hydrogen-bond acceptors (Lipinski definition) is 4. The van der Waals surface area contributed by atoms with E-state index in [2.05, 4.69) is 98.4 Å². The second-order valence-corrected chi connectivity index (χ2v) is 18.9. The highest BCUT2D eigenvalue weighted by molar-refractivity contribution is 14.1. The second kappa shape index (κ2) is 12.9. The first-order valence-corrected chi connectivity index (χ1v) is 18.0. The molecule has 0 unspecified atom stereocenters. The maximum Gasteiger partial charge on any atom is 0.408 e. The van der Waals surface area contributed by atoms with Crippen molar-refractivity contribution < 1.29 is 14.3 Å². The summed E-state index contributed by atoms with van der Waals surface area (Å²) in [6.07, 6.45) is 1.94. The van der Waals surface area contributed by atoms with Crippen LogP contribution in [0.4, 0.5) is 4.79 Å². The standard InChI is InChI=1S/C28H37BrIN3O3Si/c1-28(2,3)36-27(34)32-24(17-20-12-13-23(30)22(29)16-20)26-31-18-25(21-10-8-7-9-11-21)33(26)19-35-14-15-37(4,5)6/h7-13,16,18,24H,14-15,17,19H2,1-6H3,(H,32,34)/t24-/m0/s1. The predicted molar refractivity (Wildman–Crippen MR) is 164 cm³/mol. The second-order valence-electron chi connectivity index (χ2n) is 11.3. The molecule has 37 heavy (non-hydrogen) atoms. The minimum Gasteiger partial charge on any atom is -0.444 e. The average Bonchev–Trinajstić information content (AvgIpc) is 3.21. The van der Waals surface area contributed by atoms with Gasteiger partial charge in [0.25, 0.3) is 0 Å². The number of amides is 1. The number of hydrogen-bond donors (Lipinski definition) is 1. The number of halogens is 2. The van der Waals surface area contributed by atoms with Gasteiger partial charge >= 0.3 is 6.09 Å². The number of ether oxygens (including phenoxy) is 2. The normalized spacial score (nSPS) is 12.9. The van der Waals surface area contributed by atoms with Crippen molar-refractivity contribution in [2.45, 2.75) is 71.3 Å². The summed E-state index contributed by atoms with van der Waals surface area (Å²) in [6, 6.07) is 17.0. The van der Waals surface area contributed by atoms with Crippen LogP contribution in [-0.4, -0.2) is 35.9 Å². The first-order chi connectivity index (χ1) is 17.3. The Bertz CT molecular complexity index is 1190. The monoisotopic (exact) mass is 697 g/mol. The third-order valence-corrected chi connectivity index (χ3v) is 9.64. The first-order valence-electron chi connectivity index (χ1n) is 12.4. The van der Waals surface area contributed by atoms with Crippen LogP contribution in [0, 0.1) is 3.57 Å². The maximum absolute atomic E-state index is 12.9.